The number of nitrogens with one attached hydrogen (secondary N) is 1. The van der Waals surface area contributed by atoms with E-state index in [0.29, 0.717) is 12.1 Å². The predicted octanol–water partition coefficient (Wildman–Crippen LogP) is 2.38. The Bertz CT molecular complexity index is 661. The highest BCUT2D eigenvalue weighted by atomic mass is 16.7. The second-order valence-corrected chi connectivity index (χ2v) is 6.43. The number of pyridine rings is 1. The summed E-state index contributed by atoms with van der Waals surface area (Å²) >= 11 is 0. The molecule has 1 aromatic rings. The minimum atomic E-state index is -0.704. The lowest BCUT2D eigenvalue weighted by Crippen LogP contribution is -2.41. The molecule has 3 rings (SSSR count). The number of carbonyl (C=O) groups is 2. The van der Waals surface area contributed by atoms with Gasteiger partial charge in [0.1, 0.15) is 0 Å². The zero-order chi connectivity index (χ0) is 17.8. The molecule has 0 aromatic carbocycles. The van der Waals surface area contributed by atoms with Gasteiger partial charge in [0, 0.05) is 30.8 Å². The molecule has 0 saturated heterocycles. The first-order valence-corrected chi connectivity index (χ1v) is 8.37. The fourth-order valence-electron chi connectivity index (χ4n) is 3.61. The zero-order valence-electron chi connectivity index (χ0n) is 14.3. The van der Waals surface area contributed by atoms with Crippen molar-refractivity contribution in [2.75, 3.05) is 7.11 Å². The van der Waals surface area contributed by atoms with Crippen LogP contribution in [0.3, 0.4) is 0 Å². The largest absolute Gasteiger partial charge is 0.466 e. The maximum atomic E-state index is 12.1. The van der Waals surface area contributed by atoms with Gasteiger partial charge in [-0.05, 0) is 30.4 Å². The van der Waals surface area contributed by atoms with Gasteiger partial charge in [-0.15, -0.1) is 0 Å². The van der Waals surface area contributed by atoms with E-state index in [-0.39, 0.29) is 23.7 Å². The van der Waals surface area contributed by atoms with Crippen LogP contribution in [0.2, 0.25) is 0 Å². The van der Waals surface area contributed by atoms with Crippen molar-refractivity contribution < 1.29 is 23.8 Å². The van der Waals surface area contributed by atoms with Gasteiger partial charge in [0.05, 0.1) is 18.9 Å². The van der Waals surface area contributed by atoms with Crippen LogP contribution in [0.15, 0.2) is 36.4 Å². The van der Waals surface area contributed by atoms with Crippen molar-refractivity contribution in [1.29, 1.82) is 0 Å². The van der Waals surface area contributed by atoms with Crippen LogP contribution < -0.4 is 5.32 Å². The average molecular weight is 346 g/mol. The van der Waals surface area contributed by atoms with E-state index in [1.807, 2.05) is 6.07 Å². The average Bonchev–Trinajstić information content (AvgIpc) is 3.03. The van der Waals surface area contributed by atoms with Crippen molar-refractivity contribution in [1.82, 2.24) is 10.3 Å². The lowest BCUT2D eigenvalue weighted by Gasteiger charge is -2.34. The first kappa shape index (κ1) is 17.3. The highest BCUT2D eigenvalue weighted by molar-refractivity contribution is 5.89. The van der Waals surface area contributed by atoms with Gasteiger partial charge in [0.2, 0.25) is 6.29 Å². The Morgan fingerprint density at radius 1 is 1.40 bits per heavy atom. The van der Waals surface area contributed by atoms with Gasteiger partial charge >= 0.3 is 12.1 Å². The number of carbonyl (C=O) groups excluding carboxylic acids is 2. The molecule has 0 spiro atoms. The molecule has 4 atom stereocenters. The number of nitrogens with zero attached hydrogens (tertiary/aromatic N) is 1. The quantitative estimate of drug-likeness (QED) is 0.843. The summed E-state index contributed by atoms with van der Waals surface area (Å²) in [5.41, 5.74) is 1.40. The smallest absolute Gasteiger partial charge is 0.410 e. The van der Waals surface area contributed by atoms with Crippen LogP contribution in [-0.2, 0) is 25.5 Å². The molecule has 25 heavy (non-hydrogen) atoms. The highest BCUT2D eigenvalue weighted by Gasteiger charge is 2.48. The van der Waals surface area contributed by atoms with Crippen molar-refractivity contribution in [2.24, 2.45) is 17.8 Å². The summed E-state index contributed by atoms with van der Waals surface area (Å²) in [6.07, 6.45) is 5.27. The fraction of sp³-hybridized carbons (Fsp3) is 0.500. The molecule has 134 valence electrons. The SMILES string of the molecule is COC(=O)C1=COC(OC(=O)NCc2cccnc2)C2C(C)CCC12. The lowest BCUT2D eigenvalue weighted by atomic mass is 9.83. The third kappa shape index (κ3) is 3.75. The molecular weight excluding hydrogens is 324 g/mol. The van der Waals surface area contributed by atoms with Crippen molar-refractivity contribution >= 4 is 12.1 Å². The van der Waals surface area contributed by atoms with Crippen LogP contribution in [0.4, 0.5) is 4.79 Å². The van der Waals surface area contributed by atoms with E-state index >= 15 is 0 Å². The van der Waals surface area contributed by atoms with Crippen molar-refractivity contribution in [3.8, 4) is 0 Å². The minimum Gasteiger partial charge on any atom is -0.466 e. The number of aromatic nitrogens is 1. The highest BCUT2D eigenvalue weighted by Crippen LogP contribution is 2.46. The molecule has 1 N–H and O–H groups in total. The van der Waals surface area contributed by atoms with E-state index in [9.17, 15) is 9.59 Å². The van der Waals surface area contributed by atoms with Crippen LogP contribution in [0.25, 0.3) is 0 Å². The summed E-state index contributed by atoms with van der Waals surface area (Å²) < 4.78 is 15.9. The first-order chi connectivity index (χ1) is 12.1. The van der Waals surface area contributed by atoms with Gasteiger partial charge in [-0.3, -0.25) is 4.98 Å². The Hall–Kier alpha value is -2.57. The molecule has 7 nitrogen and oxygen atoms in total. The lowest BCUT2D eigenvalue weighted by molar-refractivity contribution is -0.145. The maximum Gasteiger partial charge on any atom is 0.410 e. The van der Waals surface area contributed by atoms with Crippen LogP contribution in [0.1, 0.15) is 25.3 Å². The van der Waals surface area contributed by atoms with Gasteiger partial charge in [0.15, 0.2) is 0 Å². The molecule has 2 heterocycles. The van der Waals surface area contributed by atoms with Gasteiger partial charge in [-0.2, -0.15) is 0 Å². The van der Waals surface area contributed by atoms with Crippen molar-refractivity contribution in [2.45, 2.75) is 32.6 Å². The molecule has 7 heteroatoms. The van der Waals surface area contributed by atoms with E-state index in [1.54, 1.807) is 18.5 Å². The third-order valence-electron chi connectivity index (χ3n) is 4.90. The van der Waals surface area contributed by atoms with E-state index < -0.39 is 12.4 Å². The van der Waals surface area contributed by atoms with E-state index in [2.05, 4.69) is 17.2 Å². The molecule has 2 aliphatic rings. The molecule has 0 bridgehead atoms. The number of esters is 1. The minimum absolute atomic E-state index is 0.00711. The number of ether oxygens (including phenoxy) is 3. The Labute approximate surface area is 146 Å². The van der Waals surface area contributed by atoms with Crippen molar-refractivity contribution in [3.05, 3.63) is 41.9 Å². The monoisotopic (exact) mass is 346 g/mol. The normalized spacial score (nSPS) is 27.5. The van der Waals surface area contributed by atoms with Gasteiger partial charge in [0.25, 0.3) is 0 Å². The van der Waals surface area contributed by atoms with E-state index in [1.165, 1.54) is 13.4 Å². The molecule has 1 aromatic heterocycles. The summed E-state index contributed by atoms with van der Waals surface area (Å²) in [7, 11) is 1.35. The Kier molecular flexibility index (Phi) is 5.21. The zero-order valence-corrected chi connectivity index (χ0v) is 14.3. The second kappa shape index (κ2) is 7.55. The number of rotatable bonds is 4. The van der Waals surface area contributed by atoms with Gasteiger partial charge in [-0.25, -0.2) is 9.59 Å². The number of methoxy groups -OCH3 is 1. The molecule has 1 aliphatic carbocycles. The molecule has 1 fully saturated rings. The Balaban J connectivity index is 1.63. The summed E-state index contributed by atoms with van der Waals surface area (Å²) in [6, 6.07) is 3.67. The number of fused-ring (bicyclic) bond motifs is 1. The standard InChI is InChI=1S/C18H22N2O5/c1-11-5-6-13-14(16(21)23-2)10-24-17(15(11)13)25-18(22)20-9-12-4-3-7-19-8-12/h3-4,7-8,10-11,13,15,17H,5-6,9H2,1-2H3,(H,20,22). The summed E-state index contributed by atoms with van der Waals surface area (Å²) in [4.78, 5) is 28.0. The maximum absolute atomic E-state index is 12.1. The molecule has 1 aliphatic heterocycles. The van der Waals surface area contributed by atoms with Crippen LogP contribution in [0.5, 0.6) is 0 Å². The fourth-order valence-corrected chi connectivity index (χ4v) is 3.61. The summed E-state index contributed by atoms with van der Waals surface area (Å²) in [6.45, 7) is 2.41. The first-order valence-electron chi connectivity index (χ1n) is 8.37. The Morgan fingerprint density at radius 2 is 2.24 bits per heavy atom. The summed E-state index contributed by atoms with van der Waals surface area (Å²) in [5, 5.41) is 2.69. The molecule has 1 amide bonds. The van der Waals surface area contributed by atoms with Crippen LogP contribution in [0, 0.1) is 17.8 Å². The van der Waals surface area contributed by atoms with E-state index in [4.69, 9.17) is 14.2 Å². The van der Waals surface area contributed by atoms with Crippen LogP contribution in [-0.4, -0.2) is 30.4 Å². The molecule has 1 saturated carbocycles. The number of hydrogen-bond donors (Lipinski definition) is 1. The van der Waals surface area contributed by atoms with Crippen LogP contribution >= 0.6 is 0 Å². The molecule has 0 radical (unpaired) electrons. The number of hydrogen-bond acceptors (Lipinski definition) is 6. The van der Waals surface area contributed by atoms with E-state index in [0.717, 1.165) is 18.4 Å². The topological polar surface area (TPSA) is 86.8 Å². The molecular formula is C18H22N2O5. The van der Waals surface area contributed by atoms with Gasteiger partial charge < -0.3 is 19.5 Å². The third-order valence-corrected chi connectivity index (χ3v) is 4.90. The molecule has 4 unspecified atom stereocenters. The van der Waals surface area contributed by atoms with Crippen molar-refractivity contribution in [3.63, 3.8) is 0 Å². The summed E-state index contributed by atoms with van der Waals surface area (Å²) in [5.74, 6) is -0.159. The predicted molar refractivity (Wildman–Crippen MR) is 87.9 cm³/mol. The Morgan fingerprint density at radius 3 is 2.96 bits per heavy atom. The number of alkyl carbamates (subject to hydrolysis) is 1. The number of amides is 1. The van der Waals surface area contributed by atoms with Gasteiger partial charge in [-0.1, -0.05) is 13.0 Å². The second-order valence-electron chi connectivity index (χ2n) is 6.43.